The van der Waals surface area contributed by atoms with Gasteiger partial charge in [-0.15, -0.1) is 0 Å². The molecule has 0 bridgehead atoms. The lowest BCUT2D eigenvalue weighted by molar-refractivity contribution is 0.437. The summed E-state index contributed by atoms with van der Waals surface area (Å²) in [6.45, 7) is 1.93. The second kappa shape index (κ2) is 3.63. The number of rotatable bonds is 1. The van der Waals surface area contributed by atoms with Crippen molar-refractivity contribution in [2.45, 2.75) is 51.0 Å². The van der Waals surface area contributed by atoms with E-state index in [0.717, 1.165) is 6.54 Å². The van der Waals surface area contributed by atoms with Crippen molar-refractivity contribution in [2.24, 2.45) is 5.73 Å². The normalized spacial score (nSPS) is 24.7. The molecule has 3 heteroatoms. The molecule has 1 aliphatic carbocycles. The van der Waals surface area contributed by atoms with Gasteiger partial charge in [-0.05, 0) is 38.5 Å². The molecule has 15 heavy (non-hydrogen) atoms. The van der Waals surface area contributed by atoms with Crippen LogP contribution >= 0.6 is 0 Å². The number of hydrogen-bond donors (Lipinski definition) is 1. The zero-order chi connectivity index (χ0) is 10.3. The summed E-state index contributed by atoms with van der Waals surface area (Å²) in [5.74, 6) is 1.81. The number of nitrogens with zero attached hydrogens (tertiary/aromatic N) is 2. The largest absolute Gasteiger partial charge is 0.331 e. The highest BCUT2D eigenvalue weighted by molar-refractivity contribution is 5.23. The first-order chi connectivity index (χ1) is 7.40. The lowest BCUT2D eigenvalue weighted by Gasteiger charge is -2.24. The summed E-state index contributed by atoms with van der Waals surface area (Å²) in [4.78, 5) is 4.83. The Morgan fingerprint density at radius 1 is 1.27 bits per heavy atom. The molecule has 0 unspecified atom stereocenters. The first-order valence-electron chi connectivity index (χ1n) is 6.18. The van der Waals surface area contributed by atoms with Gasteiger partial charge in [0.15, 0.2) is 0 Å². The van der Waals surface area contributed by atoms with Crippen LogP contribution in [0.5, 0.6) is 0 Å². The standard InChI is InChI=1S/C12H19N3/c13-8-9-4-3-7-15-11-6-2-1-5-10(11)14-12(9)15/h9H,1-8,13H2/t9-/m1/s1. The van der Waals surface area contributed by atoms with E-state index in [-0.39, 0.29) is 0 Å². The van der Waals surface area contributed by atoms with Gasteiger partial charge in [0.2, 0.25) is 0 Å². The van der Waals surface area contributed by atoms with Gasteiger partial charge in [0, 0.05) is 24.7 Å². The van der Waals surface area contributed by atoms with Gasteiger partial charge in [0.25, 0.3) is 0 Å². The molecule has 0 aromatic carbocycles. The summed E-state index contributed by atoms with van der Waals surface area (Å²) < 4.78 is 2.47. The van der Waals surface area contributed by atoms with E-state index in [9.17, 15) is 0 Å². The van der Waals surface area contributed by atoms with Gasteiger partial charge in [-0.1, -0.05) is 0 Å². The fraction of sp³-hybridized carbons (Fsp3) is 0.750. The number of fused-ring (bicyclic) bond motifs is 3. The lowest BCUT2D eigenvalue weighted by atomic mass is 9.98. The second-order valence-corrected chi connectivity index (χ2v) is 4.80. The van der Waals surface area contributed by atoms with Crippen LogP contribution < -0.4 is 5.73 Å². The molecule has 3 nitrogen and oxygen atoms in total. The molecule has 1 aromatic rings. The van der Waals surface area contributed by atoms with Crippen LogP contribution in [-0.4, -0.2) is 16.1 Å². The molecular formula is C12H19N3. The van der Waals surface area contributed by atoms with E-state index < -0.39 is 0 Å². The van der Waals surface area contributed by atoms with E-state index in [2.05, 4.69) is 4.57 Å². The van der Waals surface area contributed by atoms with Crippen LogP contribution in [0, 0.1) is 0 Å². The minimum atomic E-state index is 0.518. The van der Waals surface area contributed by atoms with E-state index >= 15 is 0 Å². The molecule has 0 amide bonds. The Bertz CT molecular complexity index is 367. The number of imidazole rings is 1. The minimum Gasteiger partial charge on any atom is -0.331 e. The maximum atomic E-state index is 5.82. The lowest BCUT2D eigenvalue weighted by Crippen LogP contribution is -2.23. The summed E-state index contributed by atoms with van der Waals surface area (Å²) in [7, 11) is 0. The smallest absolute Gasteiger partial charge is 0.113 e. The minimum absolute atomic E-state index is 0.518. The van der Waals surface area contributed by atoms with Crippen LogP contribution in [0.1, 0.15) is 48.8 Å². The molecule has 2 heterocycles. The van der Waals surface area contributed by atoms with Crippen LogP contribution in [0.25, 0.3) is 0 Å². The van der Waals surface area contributed by atoms with Gasteiger partial charge >= 0.3 is 0 Å². The van der Waals surface area contributed by atoms with Crippen LogP contribution in [0.3, 0.4) is 0 Å². The third kappa shape index (κ3) is 1.41. The Labute approximate surface area is 90.7 Å². The molecule has 82 valence electrons. The first-order valence-corrected chi connectivity index (χ1v) is 6.18. The van der Waals surface area contributed by atoms with E-state index in [0.29, 0.717) is 5.92 Å². The predicted molar refractivity (Wildman–Crippen MR) is 59.9 cm³/mol. The van der Waals surface area contributed by atoms with Crippen molar-refractivity contribution in [3.63, 3.8) is 0 Å². The van der Waals surface area contributed by atoms with Crippen LogP contribution in [-0.2, 0) is 19.4 Å². The van der Waals surface area contributed by atoms with Crippen molar-refractivity contribution >= 4 is 0 Å². The Morgan fingerprint density at radius 2 is 2.13 bits per heavy atom. The molecule has 2 N–H and O–H groups in total. The summed E-state index contributed by atoms with van der Waals surface area (Å²) in [5, 5.41) is 0. The Morgan fingerprint density at radius 3 is 3.00 bits per heavy atom. The highest BCUT2D eigenvalue weighted by atomic mass is 15.1. The van der Waals surface area contributed by atoms with Gasteiger partial charge in [-0.25, -0.2) is 4.98 Å². The average molecular weight is 205 g/mol. The highest BCUT2D eigenvalue weighted by Gasteiger charge is 2.26. The molecule has 1 atom stereocenters. The number of nitrogens with two attached hydrogens (primary N) is 1. The van der Waals surface area contributed by atoms with Crippen LogP contribution in [0.15, 0.2) is 0 Å². The number of aryl methyl sites for hydroxylation is 1. The zero-order valence-electron chi connectivity index (χ0n) is 9.21. The van der Waals surface area contributed by atoms with Crippen LogP contribution in [0.4, 0.5) is 0 Å². The maximum absolute atomic E-state index is 5.82. The fourth-order valence-electron chi connectivity index (χ4n) is 3.03. The van der Waals surface area contributed by atoms with Gasteiger partial charge in [0.1, 0.15) is 5.82 Å². The SMILES string of the molecule is NC[C@H]1CCCn2c1nc1c2CCCC1. The van der Waals surface area contributed by atoms with Crippen molar-refractivity contribution in [3.05, 3.63) is 17.2 Å². The van der Waals surface area contributed by atoms with E-state index in [1.807, 2.05) is 0 Å². The number of aromatic nitrogens is 2. The van der Waals surface area contributed by atoms with Gasteiger partial charge in [0.05, 0.1) is 5.69 Å². The summed E-state index contributed by atoms with van der Waals surface area (Å²) in [6, 6.07) is 0. The van der Waals surface area contributed by atoms with Gasteiger partial charge < -0.3 is 10.3 Å². The zero-order valence-corrected chi connectivity index (χ0v) is 9.21. The van der Waals surface area contributed by atoms with Gasteiger partial charge in [-0.3, -0.25) is 0 Å². The molecular weight excluding hydrogens is 186 g/mol. The summed E-state index contributed by atoms with van der Waals surface area (Å²) in [5.41, 5.74) is 8.72. The second-order valence-electron chi connectivity index (χ2n) is 4.80. The Balaban J connectivity index is 2.06. The first kappa shape index (κ1) is 9.40. The molecule has 2 aliphatic rings. The Kier molecular flexibility index (Phi) is 2.28. The van der Waals surface area contributed by atoms with E-state index in [1.165, 1.54) is 62.3 Å². The quantitative estimate of drug-likeness (QED) is 0.756. The van der Waals surface area contributed by atoms with Crippen molar-refractivity contribution in [1.29, 1.82) is 0 Å². The topological polar surface area (TPSA) is 43.8 Å². The number of hydrogen-bond acceptors (Lipinski definition) is 2. The summed E-state index contributed by atoms with van der Waals surface area (Å²) in [6.07, 6.45) is 7.58. The van der Waals surface area contributed by atoms with Gasteiger partial charge in [-0.2, -0.15) is 0 Å². The molecule has 3 rings (SSSR count). The molecule has 0 spiro atoms. The summed E-state index contributed by atoms with van der Waals surface area (Å²) >= 11 is 0. The van der Waals surface area contributed by atoms with Crippen LogP contribution in [0.2, 0.25) is 0 Å². The molecule has 0 radical (unpaired) electrons. The molecule has 1 aliphatic heterocycles. The fourth-order valence-corrected chi connectivity index (χ4v) is 3.03. The van der Waals surface area contributed by atoms with E-state index in [4.69, 9.17) is 10.7 Å². The third-order valence-corrected chi connectivity index (χ3v) is 3.85. The third-order valence-electron chi connectivity index (χ3n) is 3.85. The molecule has 0 fully saturated rings. The molecule has 0 saturated carbocycles. The average Bonchev–Trinajstić information content (AvgIpc) is 2.67. The highest BCUT2D eigenvalue weighted by Crippen LogP contribution is 2.31. The van der Waals surface area contributed by atoms with Crippen molar-refractivity contribution < 1.29 is 0 Å². The predicted octanol–water partition coefficient (Wildman–Crippen LogP) is 1.60. The van der Waals surface area contributed by atoms with Crippen molar-refractivity contribution in [2.75, 3.05) is 6.54 Å². The molecule has 1 aromatic heterocycles. The monoisotopic (exact) mass is 205 g/mol. The van der Waals surface area contributed by atoms with Crippen molar-refractivity contribution in [3.8, 4) is 0 Å². The Hall–Kier alpha value is -0.830. The van der Waals surface area contributed by atoms with E-state index in [1.54, 1.807) is 0 Å². The maximum Gasteiger partial charge on any atom is 0.113 e. The molecule has 0 saturated heterocycles. The van der Waals surface area contributed by atoms with Crippen molar-refractivity contribution in [1.82, 2.24) is 9.55 Å².